The molecule has 2 heterocycles. The number of rotatable bonds is 4. The normalized spacial score (nSPS) is 20.9. The first-order valence-corrected chi connectivity index (χ1v) is 9.56. The van der Waals surface area contributed by atoms with Gasteiger partial charge in [0.1, 0.15) is 0 Å². The Bertz CT molecular complexity index is 578. The molecule has 1 aromatic heterocycles. The molecule has 1 aliphatic carbocycles. The van der Waals surface area contributed by atoms with Crippen molar-refractivity contribution in [2.45, 2.75) is 64.3 Å². The second-order valence-electron chi connectivity index (χ2n) is 6.50. The van der Waals surface area contributed by atoms with Crippen LogP contribution in [0.3, 0.4) is 0 Å². The number of carbonyl (C=O) groups is 2. The van der Waals surface area contributed by atoms with Gasteiger partial charge in [0.2, 0.25) is 5.91 Å². The molecule has 0 saturated carbocycles. The predicted octanol–water partition coefficient (Wildman–Crippen LogP) is 2.54. The molecule has 2 amide bonds. The number of carbonyl (C=O) groups excluding carboxylic acids is 2. The smallest absolute Gasteiger partial charge is 0.282 e. The summed E-state index contributed by atoms with van der Waals surface area (Å²) >= 11 is 1.53. The van der Waals surface area contributed by atoms with Gasteiger partial charge in [-0.1, -0.05) is 6.92 Å². The fraction of sp³-hybridized carbons (Fsp3) is 0.706. The van der Waals surface area contributed by atoms with Crippen LogP contribution in [-0.2, 0) is 17.6 Å². The topological polar surface area (TPSA) is 62.3 Å². The molecule has 0 spiro atoms. The van der Waals surface area contributed by atoms with Gasteiger partial charge < -0.3 is 10.2 Å². The van der Waals surface area contributed by atoms with Crippen molar-refractivity contribution in [2.24, 2.45) is 0 Å². The van der Waals surface area contributed by atoms with Gasteiger partial charge in [0.15, 0.2) is 5.01 Å². The van der Waals surface area contributed by atoms with Gasteiger partial charge in [0, 0.05) is 36.9 Å². The van der Waals surface area contributed by atoms with Crippen LogP contribution < -0.4 is 5.32 Å². The van der Waals surface area contributed by atoms with Gasteiger partial charge in [0.05, 0.1) is 5.69 Å². The lowest BCUT2D eigenvalue weighted by Crippen LogP contribution is -2.38. The zero-order chi connectivity index (χ0) is 16.2. The molecule has 1 aliphatic heterocycles. The highest BCUT2D eigenvalue weighted by Gasteiger charge is 2.27. The van der Waals surface area contributed by atoms with E-state index < -0.39 is 0 Å². The summed E-state index contributed by atoms with van der Waals surface area (Å²) in [6.07, 6.45) is 7.47. The number of aryl methyl sites for hydroxylation is 1. The molecule has 1 fully saturated rings. The molecule has 3 rings (SSSR count). The van der Waals surface area contributed by atoms with Crippen LogP contribution >= 0.6 is 11.3 Å². The summed E-state index contributed by atoms with van der Waals surface area (Å²) < 4.78 is 0. The molecule has 1 saturated heterocycles. The number of nitrogens with zero attached hydrogens (tertiary/aromatic N) is 2. The van der Waals surface area contributed by atoms with E-state index in [-0.39, 0.29) is 17.9 Å². The molecule has 1 N–H and O–H groups in total. The lowest BCUT2D eigenvalue weighted by molar-refractivity contribution is -0.121. The van der Waals surface area contributed by atoms with E-state index in [0.717, 1.165) is 57.3 Å². The summed E-state index contributed by atoms with van der Waals surface area (Å²) in [4.78, 5) is 32.0. The molecule has 23 heavy (non-hydrogen) atoms. The molecular weight excluding hydrogens is 310 g/mol. The van der Waals surface area contributed by atoms with E-state index >= 15 is 0 Å². The number of nitrogens with one attached hydrogen (secondary N) is 1. The van der Waals surface area contributed by atoms with Crippen molar-refractivity contribution in [3.8, 4) is 0 Å². The zero-order valence-electron chi connectivity index (χ0n) is 13.8. The van der Waals surface area contributed by atoms with E-state index in [1.165, 1.54) is 22.6 Å². The monoisotopic (exact) mass is 335 g/mol. The van der Waals surface area contributed by atoms with Crippen LogP contribution in [0, 0.1) is 0 Å². The largest absolute Gasteiger partial charge is 0.353 e. The Hall–Kier alpha value is -1.43. The average Bonchev–Trinajstić information content (AvgIpc) is 2.98. The maximum atomic E-state index is 12.6. The van der Waals surface area contributed by atoms with Gasteiger partial charge in [-0.05, 0) is 38.5 Å². The van der Waals surface area contributed by atoms with Gasteiger partial charge in [-0.25, -0.2) is 4.98 Å². The van der Waals surface area contributed by atoms with Gasteiger partial charge in [-0.3, -0.25) is 9.59 Å². The summed E-state index contributed by atoms with van der Waals surface area (Å²) in [7, 11) is 0. The number of aromatic nitrogens is 1. The highest BCUT2D eigenvalue weighted by Crippen LogP contribution is 2.28. The first-order chi connectivity index (χ1) is 11.2. The third-order valence-electron chi connectivity index (χ3n) is 4.61. The van der Waals surface area contributed by atoms with Crippen molar-refractivity contribution in [3.63, 3.8) is 0 Å². The second kappa shape index (κ2) is 7.43. The van der Waals surface area contributed by atoms with E-state index in [0.29, 0.717) is 11.4 Å². The Morgan fingerprint density at radius 1 is 1.30 bits per heavy atom. The zero-order valence-corrected chi connectivity index (χ0v) is 14.6. The van der Waals surface area contributed by atoms with Crippen molar-refractivity contribution in [1.29, 1.82) is 0 Å². The van der Waals surface area contributed by atoms with Crippen molar-refractivity contribution in [3.05, 3.63) is 15.6 Å². The van der Waals surface area contributed by atoms with E-state index in [1.807, 2.05) is 11.8 Å². The lowest BCUT2D eigenvalue weighted by atomic mass is 9.97. The van der Waals surface area contributed by atoms with E-state index in [1.54, 1.807) is 0 Å². The van der Waals surface area contributed by atoms with Crippen LogP contribution in [0.15, 0.2) is 0 Å². The summed E-state index contributed by atoms with van der Waals surface area (Å²) in [6.45, 7) is 3.73. The molecule has 6 heteroatoms. The minimum Gasteiger partial charge on any atom is -0.353 e. The Labute approximate surface area is 141 Å². The number of piperidine rings is 1. The van der Waals surface area contributed by atoms with Crippen molar-refractivity contribution < 1.29 is 9.59 Å². The number of fused-ring (bicyclic) bond motifs is 1. The van der Waals surface area contributed by atoms with Crippen LogP contribution in [-0.4, -0.2) is 40.8 Å². The molecular formula is C17H25N3O2S. The van der Waals surface area contributed by atoms with Gasteiger partial charge in [-0.15, -0.1) is 11.3 Å². The summed E-state index contributed by atoms with van der Waals surface area (Å²) in [5.74, 6) is 0.228. The van der Waals surface area contributed by atoms with Crippen molar-refractivity contribution >= 4 is 23.2 Å². The molecule has 1 aromatic rings. The Morgan fingerprint density at radius 3 is 2.83 bits per heavy atom. The van der Waals surface area contributed by atoms with Crippen molar-refractivity contribution in [2.75, 3.05) is 13.1 Å². The van der Waals surface area contributed by atoms with Crippen LogP contribution in [0.5, 0.6) is 0 Å². The van der Waals surface area contributed by atoms with E-state index in [2.05, 4.69) is 10.3 Å². The maximum Gasteiger partial charge on any atom is 0.282 e. The Balaban J connectivity index is 1.64. The minimum absolute atomic E-state index is 0.0932. The molecule has 1 unspecified atom stereocenters. The number of hydrogen-bond donors (Lipinski definition) is 1. The maximum absolute atomic E-state index is 12.6. The van der Waals surface area contributed by atoms with Crippen LogP contribution in [0.25, 0.3) is 0 Å². The Morgan fingerprint density at radius 2 is 2.09 bits per heavy atom. The number of amides is 2. The quantitative estimate of drug-likeness (QED) is 0.920. The predicted molar refractivity (Wildman–Crippen MR) is 90.7 cm³/mol. The molecule has 126 valence electrons. The van der Waals surface area contributed by atoms with Crippen LogP contribution in [0.1, 0.15) is 65.8 Å². The first-order valence-electron chi connectivity index (χ1n) is 8.74. The van der Waals surface area contributed by atoms with Gasteiger partial charge >= 0.3 is 0 Å². The number of thiazole rings is 1. The number of hydrogen-bond acceptors (Lipinski definition) is 4. The van der Waals surface area contributed by atoms with Gasteiger partial charge in [-0.2, -0.15) is 0 Å². The van der Waals surface area contributed by atoms with Crippen LogP contribution in [0.4, 0.5) is 0 Å². The molecule has 0 aromatic carbocycles. The molecule has 2 aliphatic rings. The van der Waals surface area contributed by atoms with Gasteiger partial charge in [0.25, 0.3) is 5.91 Å². The van der Waals surface area contributed by atoms with Crippen molar-refractivity contribution in [1.82, 2.24) is 15.2 Å². The lowest BCUT2D eigenvalue weighted by Gasteiger charge is -2.25. The molecule has 5 nitrogen and oxygen atoms in total. The third-order valence-corrected chi connectivity index (χ3v) is 5.72. The SMILES string of the molecule is CCCC(=O)NC1CCc2nc(C(=O)N3CCCCC3)sc2C1. The average molecular weight is 335 g/mol. The fourth-order valence-electron chi connectivity index (χ4n) is 3.35. The van der Waals surface area contributed by atoms with E-state index in [4.69, 9.17) is 0 Å². The summed E-state index contributed by atoms with van der Waals surface area (Å²) in [5.41, 5.74) is 1.07. The highest BCUT2D eigenvalue weighted by molar-refractivity contribution is 7.13. The molecule has 1 atom stereocenters. The molecule has 0 radical (unpaired) electrons. The van der Waals surface area contributed by atoms with E-state index in [9.17, 15) is 9.59 Å². The number of likely N-dealkylation sites (tertiary alicyclic amines) is 1. The summed E-state index contributed by atoms with van der Waals surface area (Å²) in [6, 6.07) is 0.194. The first kappa shape index (κ1) is 16.4. The second-order valence-corrected chi connectivity index (χ2v) is 7.58. The van der Waals surface area contributed by atoms with Crippen LogP contribution in [0.2, 0.25) is 0 Å². The summed E-state index contributed by atoms with van der Waals surface area (Å²) in [5, 5.41) is 3.74. The fourth-order valence-corrected chi connectivity index (χ4v) is 4.50. The third kappa shape index (κ3) is 3.91. The molecule has 0 bridgehead atoms. The minimum atomic E-state index is 0.0932. The Kier molecular flexibility index (Phi) is 5.30. The standard InChI is InChI=1S/C17H25N3O2S/c1-2-6-15(21)18-12-7-8-13-14(11-12)23-16(19-13)17(22)20-9-4-3-5-10-20/h12H,2-11H2,1H3,(H,18,21). The highest BCUT2D eigenvalue weighted by atomic mass is 32.1.